The van der Waals surface area contributed by atoms with Gasteiger partial charge in [0.25, 0.3) is 5.91 Å². The van der Waals surface area contributed by atoms with Crippen molar-refractivity contribution < 1.29 is 14.7 Å². The molecule has 1 aromatic rings. The van der Waals surface area contributed by atoms with E-state index < -0.39 is 5.97 Å². The summed E-state index contributed by atoms with van der Waals surface area (Å²) in [5, 5.41) is 8.82. The van der Waals surface area contributed by atoms with Crippen molar-refractivity contribution in [3.05, 3.63) is 21.9 Å². The van der Waals surface area contributed by atoms with E-state index in [1.807, 2.05) is 11.8 Å². The number of amides is 1. The van der Waals surface area contributed by atoms with Gasteiger partial charge in [0.15, 0.2) is 0 Å². The summed E-state index contributed by atoms with van der Waals surface area (Å²) in [5.74, 6) is -0.496. The molecule has 1 saturated heterocycles. The smallest absolute Gasteiger partial charge is 0.345 e. The largest absolute Gasteiger partial charge is 0.477 e. The molecule has 1 aromatic heterocycles. The highest BCUT2D eigenvalue weighted by molar-refractivity contribution is 7.15. The molecule has 1 amide bonds. The standard InChI is InChI=1S/C12H15NO3S/c1-7-5-8(2)13(6-7)11(14)9-3-4-10(17-9)12(15)16/h3-4,7-8H,5-6H2,1-2H3,(H,15,16). The Morgan fingerprint density at radius 3 is 2.47 bits per heavy atom. The molecular weight excluding hydrogens is 238 g/mol. The fourth-order valence-electron chi connectivity index (χ4n) is 2.29. The highest BCUT2D eigenvalue weighted by Crippen LogP contribution is 2.26. The molecule has 1 aliphatic heterocycles. The van der Waals surface area contributed by atoms with Crippen LogP contribution in [0.4, 0.5) is 0 Å². The van der Waals surface area contributed by atoms with Crippen LogP contribution < -0.4 is 0 Å². The molecule has 2 rings (SSSR count). The van der Waals surface area contributed by atoms with E-state index in [0.717, 1.165) is 24.3 Å². The molecule has 1 N–H and O–H groups in total. The zero-order chi connectivity index (χ0) is 12.6. The van der Waals surface area contributed by atoms with Crippen molar-refractivity contribution in [1.82, 2.24) is 4.90 Å². The lowest BCUT2D eigenvalue weighted by molar-refractivity contribution is 0.0701. The van der Waals surface area contributed by atoms with Crippen LogP contribution >= 0.6 is 11.3 Å². The van der Waals surface area contributed by atoms with Gasteiger partial charge in [0.1, 0.15) is 4.88 Å². The van der Waals surface area contributed by atoms with Gasteiger partial charge in [0.05, 0.1) is 4.88 Å². The Bertz CT molecular complexity index is 454. The van der Waals surface area contributed by atoms with Gasteiger partial charge in [-0.1, -0.05) is 6.92 Å². The van der Waals surface area contributed by atoms with E-state index in [1.54, 1.807) is 6.07 Å². The van der Waals surface area contributed by atoms with Gasteiger partial charge in [-0.25, -0.2) is 4.79 Å². The quantitative estimate of drug-likeness (QED) is 0.880. The Morgan fingerprint density at radius 1 is 1.35 bits per heavy atom. The van der Waals surface area contributed by atoms with Crippen LogP contribution in [0.5, 0.6) is 0 Å². The van der Waals surface area contributed by atoms with Crippen molar-refractivity contribution in [2.45, 2.75) is 26.3 Å². The number of aromatic carboxylic acids is 1. The third kappa shape index (κ3) is 2.34. The molecule has 4 nitrogen and oxygen atoms in total. The van der Waals surface area contributed by atoms with Crippen molar-refractivity contribution in [3.8, 4) is 0 Å². The topological polar surface area (TPSA) is 57.6 Å². The molecule has 0 aliphatic carbocycles. The maximum absolute atomic E-state index is 12.2. The summed E-state index contributed by atoms with van der Waals surface area (Å²) in [5.41, 5.74) is 0. The van der Waals surface area contributed by atoms with Gasteiger partial charge in [-0.3, -0.25) is 4.79 Å². The van der Waals surface area contributed by atoms with Gasteiger partial charge < -0.3 is 10.0 Å². The summed E-state index contributed by atoms with van der Waals surface area (Å²) in [4.78, 5) is 25.5. The fraction of sp³-hybridized carbons (Fsp3) is 0.500. The predicted octanol–water partition coefficient (Wildman–Crippen LogP) is 2.32. The molecule has 1 aliphatic rings. The van der Waals surface area contributed by atoms with Crippen LogP contribution in [0.2, 0.25) is 0 Å². The minimum Gasteiger partial charge on any atom is -0.477 e. The van der Waals surface area contributed by atoms with E-state index in [2.05, 4.69) is 6.92 Å². The number of hydrogen-bond acceptors (Lipinski definition) is 3. The zero-order valence-electron chi connectivity index (χ0n) is 9.84. The summed E-state index contributed by atoms with van der Waals surface area (Å²) in [6, 6.07) is 3.34. The Labute approximate surface area is 104 Å². The van der Waals surface area contributed by atoms with E-state index in [-0.39, 0.29) is 16.8 Å². The molecular formula is C12H15NO3S. The van der Waals surface area contributed by atoms with Crippen LogP contribution in [-0.2, 0) is 0 Å². The molecule has 5 heteroatoms. The Hall–Kier alpha value is -1.36. The van der Waals surface area contributed by atoms with Crippen LogP contribution in [-0.4, -0.2) is 34.5 Å². The number of carboxylic acid groups (broad SMARTS) is 1. The molecule has 0 aromatic carbocycles. The van der Waals surface area contributed by atoms with E-state index in [4.69, 9.17) is 5.11 Å². The molecule has 0 radical (unpaired) electrons. The van der Waals surface area contributed by atoms with Gasteiger partial charge in [0.2, 0.25) is 0 Å². The lowest BCUT2D eigenvalue weighted by atomic mass is 10.1. The fourth-order valence-corrected chi connectivity index (χ4v) is 3.09. The summed E-state index contributed by atoms with van der Waals surface area (Å²) >= 11 is 1.05. The van der Waals surface area contributed by atoms with Crippen molar-refractivity contribution in [1.29, 1.82) is 0 Å². The first kappa shape index (κ1) is 12.1. The van der Waals surface area contributed by atoms with E-state index in [9.17, 15) is 9.59 Å². The number of carboxylic acids is 1. The minimum absolute atomic E-state index is 0.0423. The lowest BCUT2D eigenvalue weighted by Crippen LogP contribution is -2.33. The number of carbonyl (C=O) groups excluding carboxylic acids is 1. The maximum Gasteiger partial charge on any atom is 0.345 e. The molecule has 0 bridgehead atoms. The first-order valence-electron chi connectivity index (χ1n) is 5.63. The second kappa shape index (κ2) is 4.49. The Balaban J connectivity index is 2.16. The van der Waals surface area contributed by atoms with Gasteiger partial charge in [-0.05, 0) is 31.4 Å². The highest BCUT2D eigenvalue weighted by atomic mass is 32.1. The van der Waals surface area contributed by atoms with Crippen LogP contribution in [0.25, 0.3) is 0 Å². The van der Waals surface area contributed by atoms with Crippen LogP contribution in [0.1, 0.15) is 39.6 Å². The van der Waals surface area contributed by atoms with Crippen LogP contribution in [0, 0.1) is 5.92 Å². The lowest BCUT2D eigenvalue weighted by Gasteiger charge is -2.20. The zero-order valence-corrected chi connectivity index (χ0v) is 10.7. The maximum atomic E-state index is 12.2. The highest BCUT2D eigenvalue weighted by Gasteiger charge is 2.31. The predicted molar refractivity (Wildman–Crippen MR) is 65.6 cm³/mol. The van der Waals surface area contributed by atoms with Gasteiger partial charge in [-0.2, -0.15) is 0 Å². The minimum atomic E-state index is -0.975. The third-order valence-electron chi connectivity index (χ3n) is 3.07. The summed E-state index contributed by atoms with van der Waals surface area (Å²) in [7, 11) is 0. The normalized spacial score (nSPS) is 24.0. The molecule has 2 unspecified atom stereocenters. The third-order valence-corrected chi connectivity index (χ3v) is 4.13. The first-order valence-corrected chi connectivity index (χ1v) is 6.44. The molecule has 1 fully saturated rings. The number of thiophene rings is 1. The van der Waals surface area contributed by atoms with Crippen LogP contribution in [0.15, 0.2) is 12.1 Å². The molecule has 2 atom stereocenters. The van der Waals surface area contributed by atoms with Gasteiger partial charge >= 0.3 is 5.97 Å². The summed E-state index contributed by atoms with van der Waals surface area (Å²) < 4.78 is 0. The number of carbonyl (C=O) groups is 2. The number of rotatable bonds is 2. The van der Waals surface area contributed by atoms with E-state index >= 15 is 0 Å². The van der Waals surface area contributed by atoms with Crippen molar-refractivity contribution in [2.24, 2.45) is 5.92 Å². The molecule has 0 saturated carbocycles. The van der Waals surface area contributed by atoms with Gasteiger partial charge in [0, 0.05) is 12.6 Å². The average Bonchev–Trinajstić information content (AvgIpc) is 2.84. The Kier molecular flexibility index (Phi) is 3.19. The SMILES string of the molecule is CC1CC(C)N(C(=O)c2ccc(C(=O)O)s2)C1. The average molecular weight is 253 g/mol. The molecule has 0 spiro atoms. The monoisotopic (exact) mass is 253 g/mol. The number of nitrogens with zero attached hydrogens (tertiary/aromatic N) is 1. The summed E-state index contributed by atoms with van der Waals surface area (Å²) in [6.07, 6.45) is 1.02. The molecule has 2 heterocycles. The second-order valence-corrected chi connectivity index (χ2v) is 5.70. The van der Waals surface area contributed by atoms with Crippen LogP contribution in [0.3, 0.4) is 0 Å². The van der Waals surface area contributed by atoms with E-state index in [1.165, 1.54) is 6.07 Å². The van der Waals surface area contributed by atoms with Crippen molar-refractivity contribution in [2.75, 3.05) is 6.54 Å². The van der Waals surface area contributed by atoms with Crippen molar-refractivity contribution in [3.63, 3.8) is 0 Å². The van der Waals surface area contributed by atoms with Gasteiger partial charge in [-0.15, -0.1) is 11.3 Å². The number of hydrogen-bond donors (Lipinski definition) is 1. The summed E-state index contributed by atoms with van der Waals surface area (Å²) in [6.45, 7) is 4.92. The first-order chi connectivity index (χ1) is 7.99. The molecule has 17 heavy (non-hydrogen) atoms. The second-order valence-electron chi connectivity index (χ2n) is 4.62. The Morgan fingerprint density at radius 2 is 2.00 bits per heavy atom. The van der Waals surface area contributed by atoms with E-state index in [0.29, 0.717) is 10.8 Å². The number of likely N-dealkylation sites (tertiary alicyclic amines) is 1. The molecule has 92 valence electrons. The van der Waals surface area contributed by atoms with Crippen molar-refractivity contribution >= 4 is 23.2 Å².